The van der Waals surface area contributed by atoms with Crippen LogP contribution in [0.2, 0.25) is 0 Å². The minimum atomic E-state index is -4.92. The molecular formula is C24H40N28O14P2-2. The number of phosphoric acid groups is 2. The van der Waals surface area contributed by atoms with Gasteiger partial charge in [0.2, 0.25) is 5.91 Å². The monoisotopic (exact) mass is 1010 g/mol. The van der Waals surface area contributed by atoms with Gasteiger partial charge in [0, 0.05) is 72.7 Å². The Kier molecular flexibility index (Phi) is 31.0. The SMILES string of the molecule is [N-]=[N+]=NOCCCOCc1cn(CC(=O)CCCCOP(=O)([O-])OCOCCCOCc2cn(CC(=O)NCCCOP(=O)([O-])O\N=N/N=N/N=N/N=N/N=N/N=N/N=N/N=N/N=N)nn2)nn1. The maximum Gasteiger partial charge on any atom is 0.345 e. The van der Waals surface area contributed by atoms with Crippen molar-refractivity contribution in [2.24, 2.45) is 94.1 Å². The molecule has 0 fully saturated rings. The molecule has 0 saturated heterocycles. The number of hydrogen-bond acceptors (Lipinski definition) is 21. The van der Waals surface area contributed by atoms with Gasteiger partial charge in [0.25, 0.3) is 7.82 Å². The summed E-state index contributed by atoms with van der Waals surface area (Å²) in [5.74, 6) is -0.595. The molecule has 2 rings (SSSR count). The first-order valence-corrected chi connectivity index (χ1v) is 21.7. The summed E-state index contributed by atoms with van der Waals surface area (Å²) in [6.07, 6.45) is 4.83. The summed E-state index contributed by atoms with van der Waals surface area (Å²) in [7, 11) is -9.55. The molecular weight excluding hydrogens is 966 g/mol. The van der Waals surface area contributed by atoms with E-state index in [1.165, 1.54) is 15.6 Å². The molecule has 0 bridgehead atoms. The van der Waals surface area contributed by atoms with Crippen LogP contribution >= 0.6 is 15.6 Å². The third kappa shape index (κ3) is 32.5. The number of aromatic nitrogens is 6. The molecule has 2 N–H and O–H groups in total. The number of phosphoric ester groups is 2. The predicted molar refractivity (Wildman–Crippen MR) is 204 cm³/mol. The molecule has 68 heavy (non-hydrogen) atoms. The number of hydrogen-bond donors (Lipinski definition) is 2. The van der Waals surface area contributed by atoms with Gasteiger partial charge >= 0.3 is 7.82 Å². The fraction of sp³-hybridized carbons (Fsp3) is 0.750. The van der Waals surface area contributed by atoms with E-state index in [0.29, 0.717) is 37.3 Å². The Morgan fingerprint density at radius 2 is 1.19 bits per heavy atom. The van der Waals surface area contributed by atoms with Crippen LogP contribution in [0.1, 0.15) is 49.9 Å². The third-order valence-corrected chi connectivity index (χ3v) is 8.27. The number of carbonyl (C=O) groups excluding carboxylic acids is 2. The third-order valence-electron chi connectivity index (χ3n) is 6.58. The minimum Gasteiger partial charge on any atom is -0.756 e. The first-order valence-electron chi connectivity index (χ1n) is 18.8. The summed E-state index contributed by atoms with van der Waals surface area (Å²) in [4.78, 5) is 55.2. The maximum atomic E-state index is 12.2. The lowest BCUT2D eigenvalue weighted by atomic mass is 10.2. The number of carbonyl (C=O) groups is 2. The fourth-order valence-electron chi connectivity index (χ4n) is 3.96. The molecule has 0 spiro atoms. The molecule has 0 aliphatic rings. The first-order chi connectivity index (χ1) is 33.0. The Balaban J connectivity index is 1.44. The lowest BCUT2D eigenvalue weighted by Gasteiger charge is -2.22. The van der Waals surface area contributed by atoms with Gasteiger partial charge in [0.05, 0.1) is 63.9 Å². The van der Waals surface area contributed by atoms with Gasteiger partial charge in [0.15, 0.2) is 12.6 Å². The summed E-state index contributed by atoms with van der Waals surface area (Å²) >= 11 is 0. The second-order valence-electron chi connectivity index (χ2n) is 11.7. The Hall–Kier alpha value is -7.13. The maximum absolute atomic E-state index is 12.2. The molecule has 42 nitrogen and oxygen atoms in total. The molecule has 2 unspecified atom stereocenters. The van der Waals surface area contributed by atoms with Crippen LogP contribution in [0.4, 0.5) is 0 Å². The summed E-state index contributed by atoms with van der Waals surface area (Å²) in [6.45, 7) is -0.207. The lowest BCUT2D eigenvalue weighted by molar-refractivity contribution is -0.233. The van der Waals surface area contributed by atoms with Gasteiger partial charge in [-0.15, -0.1) is 10.2 Å². The standard InChI is InChI=1S/C24H42N28O14P2/c25-30-32-33-34-35-36-37-38-39-40-41-42-43-44-45-46-50-66-68(57,58)64-13-3-7-27-24(54)17-52-15-22(29-48-52)19-59-8-4-10-61-20-65-67(55,56)63-12-2-1-6-23(53)16-51-14-21(28-47-51)18-60-9-5-11-62-49-31-26/h14-15,25H,1-13,16-20H2,(H,27,54)(H,55,56)(H,57,58)/p-2/b30-25?,33-32+,35-34+,37-36+,39-38+,41-40+,43-42+,45-44+,50-46-. The van der Waals surface area contributed by atoms with Crippen molar-refractivity contribution in [3.8, 4) is 0 Å². The average molecular weight is 1010 g/mol. The van der Waals surface area contributed by atoms with E-state index >= 15 is 0 Å². The van der Waals surface area contributed by atoms with E-state index in [9.17, 15) is 28.5 Å². The van der Waals surface area contributed by atoms with Gasteiger partial charge in [-0.05, 0) is 73.0 Å². The number of Topliss-reactive ketones (excluding diaryl/α,β-unsaturated/α-hetero) is 1. The normalized spacial score (nSPS) is 14.0. The Labute approximate surface area is 379 Å². The molecule has 372 valence electrons. The van der Waals surface area contributed by atoms with Crippen molar-refractivity contribution in [1.29, 1.82) is 5.53 Å². The zero-order valence-corrected chi connectivity index (χ0v) is 36.9. The van der Waals surface area contributed by atoms with Gasteiger partial charge in [0.1, 0.15) is 29.8 Å². The second-order valence-corrected chi connectivity index (χ2v) is 14.4. The van der Waals surface area contributed by atoms with Crippen LogP contribution in [0.3, 0.4) is 0 Å². The smallest absolute Gasteiger partial charge is 0.345 e. The summed E-state index contributed by atoms with van der Waals surface area (Å²) in [5, 5.41) is 70.3. The minimum absolute atomic E-state index is 0.0110. The van der Waals surface area contributed by atoms with Gasteiger partial charge in [-0.1, -0.05) is 10.4 Å². The molecule has 0 aliphatic carbocycles. The molecule has 2 heterocycles. The van der Waals surface area contributed by atoms with Crippen molar-refractivity contribution >= 4 is 27.3 Å². The van der Waals surface area contributed by atoms with E-state index in [1.54, 1.807) is 6.20 Å². The molecule has 0 radical (unpaired) electrons. The molecule has 0 aliphatic heterocycles. The van der Waals surface area contributed by atoms with Crippen molar-refractivity contribution in [2.45, 2.75) is 64.8 Å². The van der Waals surface area contributed by atoms with E-state index in [0.717, 1.165) is 0 Å². The van der Waals surface area contributed by atoms with Gasteiger partial charge < -0.3 is 47.8 Å². The summed E-state index contributed by atoms with van der Waals surface area (Å²) in [6, 6.07) is 0. The van der Waals surface area contributed by atoms with E-state index in [4.69, 9.17) is 29.8 Å². The Bertz CT molecular complexity index is 2160. The highest BCUT2D eigenvalue weighted by molar-refractivity contribution is 7.46. The van der Waals surface area contributed by atoms with Gasteiger partial charge in [-0.25, -0.2) is 9.36 Å². The number of unbranched alkanes of at least 4 members (excludes halogenated alkanes) is 1. The Morgan fingerprint density at radius 3 is 1.79 bits per heavy atom. The van der Waals surface area contributed by atoms with Crippen LogP contribution in [0.5, 0.6) is 0 Å². The van der Waals surface area contributed by atoms with Crippen LogP contribution in [0.15, 0.2) is 107 Å². The van der Waals surface area contributed by atoms with Gasteiger partial charge in [-0.2, -0.15) is 5.53 Å². The predicted octanol–water partition coefficient (Wildman–Crippen LogP) is 3.73. The lowest BCUT2D eigenvalue weighted by Crippen LogP contribution is -2.29. The van der Waals surface area contributed by atoms with Crippen molar-refractivity contribution < 1.29 is 65.7 Å². The highest BCUT2D eigenvalue weighted by atomic mass is 31.2. The van der Waals surface area contributed by atoms with E-state index in [-0.39, 0.29) is 90.9 Å². The second kappa shape index (κ2) is 37.0. The molecule has 2 atom stereocenters. The number of amides is 1. The van der Waals surface area contributed by atoms with Crippen molar-refractivity contribution in [3.63, 3.8) is 0 Å². The fourth-order valence-corrected chi connectivity index (χ4v) is 5.12. The number of ether oxygens (including phenoxy) is 3. The highest BCUT2D eigenvalue weighted by Crippen LogP contribution is 2.39. The van der Waals surface area contributed by atoms with E-state index in [1.807, 2.05) is 0 Å². The zero-order chi connectivity index (χ0) is 49.2. The molecule has 1 amide bonds. The number of nitrogens with one attached hydrogen (secondary N) is 2. The van der Waals surface area contributed by atoms with Crippen molar-refractivity contribution in [2.75, 3.05) is 53.0 Å². The van der Waals surface area contributed by atoms with Crippen LogP contribution in [-0.2, 0) is 82.3 Å². The quantitative estimate of drug-likeness (QED) is 0.0182. The molecule has 0 saturated carbocycles. The topological polar surface area (TPSA) is 544 Å². The van der Waals surface area contributed by atoms with E-state index in [2.05, 4.69) is 143 Å². The van der Waals surface area contributed by atoms with Crippen LogP contribution in [-0.4, -0.2) is 94.7 Å². The van der Waals surface area contributed by atoms with E-state index < -0.39 is 28.3 Å². The highest BCUT2D eigenvalue weighted by Gasteiger charge is 2.12. The molecule has 44 heteroatoms. The van der Waals surface area contributed by atoms with Crippen molar-refractivity contribution in [3.05, 3.63) is 34.2 Å². The zero-order valence-electron chi connectivity index (χ0n) is 35.1. The largest absolute Gasteiger partial charge is 0.756 e. The van der Waals surface area contributed by atoms with Crippen LogP contribution in [0, 0.1) is 5.53 Å². The van der Waals surface area contributed by atoms with Crippen LogP contribution in [0.25, 0.3) is 10.4 Å². The first kappa shape index (κ1) is 57.0. The Morgan fingerprint density at radius 1 is 0.662 bits per heavy atom. The number of nitrogens with zero attached hydrogens (tertiary/aromatic N) is 26. The van der Waals surface area contributed by atoms with Crippen LogP contribution < -0.4 is 15.1 Å². The molecule has 2 aromatic heterocycles. The van der Waals surface area contributed by atoms with Crippen molar-refractivity contribution in [1.82, 2.24) is 35.3 Å². The number of azide groups is 1. The number of ketones is 1. The van der Waals surface area contributed by atoms with Gasteiger partial charge in [-0.3, -0.25) is 23.2 Å². The molecule has 0 aromatic carbocycles. The average Bonchev–Trinajstić information content (AvgIpc) is 3.96. The molecule has 2 aromatic rings. The summed E-state index contributed by atoms with van der Waals surface area (Å²) < 4.78 is 60.5. The number of rotatable bonds is 41. The summed E-state index contributed by atoms with van der Waals surface area (Å²) in [5.41, 5.74) is 15.4.